The van der Waals surface area contributed by atoms with Crippen LogP contribution in [0.4, 0.5) is 11.4 Å². The molecule has 0 saturated heterocycles. The molecular formula is C17H27N3O. The van der Waals surface area contributed by atoms with Crippen molar-refractivity contribution in [3.8, 4) is 0 Å². The molecular weight excluding hydrogens is 262 g/mol. The molecule has 1 aromatic rings. The Morgan fingerprint density at radius 2 is 1.86 bits per heavy atom. The molecule has 0 aliphatic carbocycles. The van der Waals surface area contributed by atoms with Crippen molar-refractivity contribution in [3.05, 3.63) is 24.3 Å². The first-order valence-electron chi connectivity index (χ1n) is 7.65. The van der Waals surface area contributed by atoms with Crippen molar-refractivity contribution in [1.82, 2.24) is 0 Å². The number of rotatable bonds is 3. The lowest BCUT2D eigenvalue weighted by atomic mass is 9.84. The van der Waals surface area contributed by atoms with Gasteiger partial charge in [0.1, 0.15) is 0 Å². The first-order valence-corrected chi connectivity index (χ1v) is 7.65. The van der Waals surface area contributed by atoms with Gasteiger partial charge in [-0.1, -0.05) is 32.9 Å². The molecule has 0 bridgehead atoms. The Hall–Kier alpha value is -1.55. The van der Waals surface area contributed by atoms with E-state index >= 15 is 0 Å². The van der Waals surface area contributed by atoms with Crippen LogP contribution in [0.5, 0.6) is 0 Å². The molecule has 1 atom stereocenters. The van der Waals surface area contributed by atoms with Crippen LogP contribution in [0, 0.1) is 11.3 Å². The molecule has 1 aromatic carbocycles. The second-order valence-electron chi connectivity index (χ2n) is 7.10. The first-order chi connectivity index (χ1) is 9.83. The average molecular weight is 289 g/mol. The lowest BCUT2D eigenvalue weighted by Gasteiger charge is -2.38. The van der Waals surface area contributed by atoms with Crippen LogP contribution in [0.15, 0.2) is 24.3 Å². The van der Waals surface area contributed by atoms with Crippen molar-refractivity contribution in [2.45, 2.75) is 27.2 Å². The van der Waals surface area contributed by atoms with Gasteiger partial charge < -0.3 is 15.5 Å². The number of benzene rings is 1. The summed E-state index contributed by atoms with van der Waals surface area (Å²) >= 11 is 0. The Kier molecular flexibility index (Phi) is 4.57. The van der Waals surface area contributed by atoms with Crippen LogP contribution < -0.4 is 15.5 Å². The van der Waals surface area contributed by atoms with Gasteiger partial charge in [0.25, 0.3) is 0 Å². The van der Waals surface area contributed by atoms with Gasteiger partial charge in [-0.25, -0.2) is 0 Å². The highest BCUT2D eigenvalue weighted by atomic mass is 16.2. The summed E-state index contributed by atoms with van der Waals surface area (Å²) in [7, 11) is 2.07. The molecule has 0 saturated carbocycles. The van der Waals surface area contributed by atoms with Crippen molar-refractivity contribution >= 4 is 17.3 Å². The molecule has 0 fully saturated rings. The fourth-order valence-electron chi connectivity index (χ4n) is 2.97. The van der Waals surface area contributed by atoms with E-state index in [1.54, 1.807) is 0 Å². The maximum absolute atomic E-state index is 12.9. The molecule has 0 radical (unpaired) electrons. The van der Waals surface area contributed by atoms with Crippen LogP contribution in [0.3, 0.4) is 0 Å². The van der Waals surface area contributed by atoms with Gasteiger partial charge in [-0.3, -0.25) is 4.79 Å². The van der Waals surface area contributed by atoms with Crippen LogP contribution in [0.1, 0.15) is 27.2 Å². The maximum atomic E-state index is 12.9. The summed E-state index contributed by atoms with van der Waals surface area (Å²) < 4.78 is 0. The van der Waals surface area contributed by atoms with Crippen molar-refractivity contribution in [2.24, 2.45) is 17.1 Å². The quantitative estimate of drug-likeness (QED) is 0.930. The highest BCUT2D eigenvalue weighted by Gasteiger charge is 2.31. The number of nitrogens with two attached hydrogens (primary N) is 1. The maximum Gasteiger partial charge on any atom is 0.231 e. The van der Waals surface area contributed by atoms with E-state index < -0.39 is 0 Å². The third kappa shape index (κ3) is 3.56. The van der Waals surface area contributed by atoms with Crippen LogP contribution in [0.25, 0.3) is 0 Å². The van der Waals surface area contributed by atoms with Gasteiger partial charge in [-0.05, 0) is 24.0 Å². The van der Waals surface area contributed by atoms with Gasteiger partial charge in [-0.15, -0.1) is 0 Å². The van der Waals surface area contributed by atoms with Gasteiger partial charge in [0, 0.05) is 26.7 Å². The number of hydrogen-bond donors (Lipinski definition) is 1. The molecule has 4 nitrogen and oxygen atoms in total. The highest BCUT2D eigenvalue weighted by molar-refractivity contribution is 5.99. The molecule has 1 aliphatic heterocycles. The van der Waals surface area contributed by atoms with Crippen LogP contribution >= 0.6 is 0 Å². The summed E-state index contributed by atoms with van der Waals surface area (Å²) in [6.45, 7) is 8.45. The molecule has 1 heterocycles. The molecule has 2 N–H and O–H groups in total. The Balaban J connectivity index is 2.25. The largest absolute Gasteiger partial charge is 0.371 e. The van der Waals surface area contributed by atoms with Crippen molar-refractivity contribution in [2.75, 3.05) is 36.5 Å². The Morgan fingerprint density at radius 3 is 2.43 bits per heavy atom. The fourth-order valence-corrected chi connectivity index (χ4v) is 2.97. The zero-order chi connectivity index (χ0) is 15.6. The van der Waals surface area contributed by atoms with Crippen LogP contribution in [0.2, 0.25) is 0 Å². The lowest BCUT2D eigenvalue weighted by Crippen LogP contribution is -2.47. The highest BCUT2D eigenvalue weighted by Crippen LogP contribution is 2.34. The zero-order valence-corrected chi connectivity index (χ0v) is 13.6. The summed E-state index contributed by atoms with van der Waals surface area (Å²) in [5, 5.41) is 0. The monoisotopic (exact) mass is 289 g/mol. The Labute approximate surface area is 127 Å². The first kappa shape index (κ1) is 15.8. The minimum absolute atomic E-state index is 0.103. The third-order valence-corrected chi connectivity index (χ3v) is 4.00. The van der Waals surface area contributed by atoms with Gasteiger partial charge >= 0.3 is 0 Å². The minimum Gasteiger partial charge on any atom is -0.371 e. The summed E-state index contributed by atoms with van der Waals surface area (Å²) in [6, 6.07) is 8.09. The predicted octanol–water partition coefficient (Wildman–Crippen LogP) is 2.48. The number of amides is 1. The van der Waals surface area contributed by atoms with Gasteiger partial charge in [-0.2, -0.15) is 0 Å². The molecule has 1 amide bonds. The Bertz CT molecular complexity index is 507. The van der Waals surface area contributed by atoms with Gasteiger partial charge in [0.15, 0.2) is 0 Å². The van der Waals surface area contributed by atoms with E-state index in [9.17, 15) is 4.79 Å². The van der Waals surface area contributed by atoms with Crippen LogP contribution in [-0.2, 0) is 4.79 Å². The van der Waals surface area contributed by atoms with E-state index in [2.05, 4.69) is 38.8 Å². The van der Waals surface area contributed by atoms with Crippen molar-refractivity contribution < 1.29 is 4.79 Å². The van der Waals surface area contributed by atoms with E-state index in [-0.39, 0.29) is 17.2 Å². The SMILES string of the molecule is CN1CCN(C(=O)C(CN)CC(C)(C)C)c2ccccc21. The van der Waals surface area contributed by atoms with Crippen molar-refractivity contribution in [1.29, 1.82) is 0 Å². The normalized spacial score (nSPS) is 16.6. The predicted molar refractivity (Wildman–Crippen MR) is 88.7 cm³/mol. The molecule has 1 unspecified atom stereocenters. The third-order valence-electron chi connectivity index (χ3n) is 4.00. The smallest absolute Gasteiger partial charge is 0.231 e. The number of fused-ring (bicyclic) bond motifs is 1. The van der Waals surface area contributed by atoms with Crippen molar-refractivity contribution in [3.63, 3.8) is 0 Å². The van der Waals surface area contributed by atoms with E-state index in [0.717, 1.165) is 30.9 Å². The van der Waals surface area contributed by atoms with E-state index in [4.69, 9.17) is 5.73 Å². The van der Waals surface area contributed by atoms with E-state index in [0.29, 0.717) is 6.54 Å². The summed E-state index contributed by atoms with van der Waals surface area (Å²) in [5.41, 5.74) is 8.10. The fraction of sp³-hybridized carbons (Fsp3) is 0.588. The van der Waals surface area contributed by atoms with E-state index in [1.165, 1.54) is 0 Å². The van der Waals surface area contributed by atoms with Gasteiger partial charge in [0.2, 0.25) is 5.91 Å². The topological polar surface area (TPSA) is 49.6 Å². The average Bonchev–Trinajstić information content (AvgIpc) is 2.44. The standard InChI is InChI=1S/C17H27N3O/c1-17(2,3)11-13(12-18)16(21)20-10-9-19(4)14-7-5-6-8-15(14)20/h5-8,13H,9-12,18H2,1-4H3. The number of para-hydroxylation sites is 2. The molecule has 0 spiro atoms. The minimum atomic E-state index is -0.110. The van der Waals surface area contributed by atoms with E-state index in [1.807, 2.05) is 23.1 Å². The van der Waals surface area contributed by atoms with Gasteiger partial charge in [0.05, 0.1) is 17.3 Å². The molecule has 0 aromatic heterocycles. The summed E-state index contributed by atoms with van der Waals surface area (Å²) in [6.07, 6.45) is 0.816. The molecule has 1 aliphatic rings. The molecule has 4 heteroatoms. The second-order valence-corrected chi connectivity index (χ2v) is 7.10. The molecule has 116 valence electrons. The lowest BCUT2D eigenvalue weighted by molar-refractivity contribution is -0.123. The summed E-state index contributed by atoms with van der Waals surface area (Å²) in [4.78, 5) is 17.0. The summed E-state index contributed by atoms with van der Waals surface area (Å²) in [5.74, 6) is 0.0504. The molecule has 21 heavy (non-hydrogen) atoms. The zero-order valence-electron chi connectivity index (χ0n) is 13.6. The molecule has 2 rings (SSSR count). The number of nitrogens with zero attached hydrogens (tertiary/aromatic N) is 2. The number of hydrogen-bond acceptors (Lipinski definition) is 3. The number of carbonyl (C=O) groups is 1. The second kappa shape index (κ2) is 6.06. The number of likely N-dealkylation sites (N-methyl/N-ethyl adjacent to an activating group) is 1. The number of carbonyl (C=O) groups excluding carboxylic acids is 1. The Morgan fingerprint density at radius 1 is 1.24 bits per heavy atom. The number of anilines is 2. The van der Waals surface area contributed by atoms with Crippen LogP contribution in [-0.4, -0.2) is 32.6 Å².